The highest BCUT2D eigenvalue weighted by atomic mass is 32.2. The van der Waals surface area contributed by atoms with Crippen LogP contribution in [0.2, 0.25) is 0 Å². The van der Waals surface area contributed by atoms with E-state index in [0.717, 1.165) is 16.9 Å². The SMILES string of the molecule is COc1cccc(/C=N\N=C2\NC(=O)[C@@H](CC(=O)Nc3ccc(C)cc3)S2)c1. The molecule has 1 heterocycles. The average molecular weight is 396 g/mol. The number of ether oxygens (including phenoxy) is 1. The van der Waals surface area contributed by atoms with E-state index < -0.39 is 5.25 Å². The average Bonchev–Trinajstić information content (AvgIpc) is 3.03. The Hall–Kier alpha value is -3.13. The number of anilines is 1. The van der Waals surface area contributed by atoms with Gasteiger partial charge in [-0.2, -0.15) is 5.10 Å². The maximum Gasteiger partial charge on any atom is 0.240 e. The molecule has 2 amide bonds. The molecule has 144 valence electrons. The molecule has 0 unspecified atom stereocenters. The molecule has 1 aliphatic rings. The summed E-state index contributed by atoms with van der Waals surface area (Å²) in [4.78, 5) is 24.3. The Morgan fingerprint density at radius 1 is 1.29 bits per heavy atom. The third-order valence-corrected chi connectivity index (χ3v) is 5.00. The predicted molar refractivity (Wildman–Crippen MR) is 112 cm³/mol. The first-order valence-electron chi connectivity index (χ1n) is 8.62. The first-order chi connectivity index (χ1) is 13.5. The van der Waals surface area contributed by atoms with Gasteiger partial charge < -0.3 is 15.4 Å². The molecule has 1 atom stereocenters. The summed E-state index contributed by atoms with van der Waals surface area (Å²) in [6.45, 7) is 1.97. The lowest BCUT2D eigenvalue weighted by Gasteiger charge is -2.07. The molecule has 0 aliphatic carbocycles. The third-order valence-electron chi connectivity index (χ3n) is 3.93. The highest BCUT2D eigenvalue weighted by Crippen LogP contribution is 2.23. The largest absolute Gasteiger partial charge is 0.497 e. The lowest BCUT2D eigenvalue weighted by Crippen LogP contribution is -2.28. The molecule has 2 aromatic carbocycles. The topological polar surface area (TPSA) is 92.2 Å². The Morgan fingerprint density at radius 2 is 2.07 bits per heavy atom. The summed E-state index contributed by atoms with van der Waals surface area (Å²) in [6.07, 6.45) is 1.63. The first-order valence-corrected chi connectivity index (χ1v) is 9.50. The number of aryl methyl sites for hydroxylation is 1. The molecule has 1 aliphatic heterocycles. The smallest absolute Gasteiger partial charge is 0.240 e. The molecule has 1 fully saturated rings. The summed E-state index contributed by atoms with van der Waals surface area (Å²) in [7, 11) is 1.59. The van der Waals surface area contributed by atoms with Gasteiger partial charge in [0.2, 0.25) is 11.8 Å². The van der Waals surface area contributed by atoms with Crippen molar-refractivity contribution in [2.24, 2.45) is 10.2 Å². The minimum Gasteiger partial charge on any atom is -0.497 e. The lowest BCUT2D eigenvalue weighted by atomic mass is 10.2. The van der Waals surface area contributed by atoms with Crippen molar-refractivity contribution < 1.29 is 14.3 Å². The highest BCUT2D eigenvalue weighted by Gasteiger charge is 2.32. The van der Waals surface area contributed by atoms with E-state index in [2.05, 4.69) is 20.8 Å². The van der Waals surface area contributed by atoms with E-state index in [1.165, 1.54) is 11.8 Å². The minimum absolute atomic E-state index is 0.0585. The summed E-state index contributed by atoms with van der Waals surface area (Å²) in [6, 6.07) is 14.9. The van der Waals surface area contributed by atoms with E-state index >= 15 is 0 Å². The van der Waals surface area contributed by atoms with Gasteiger partial charge in [0.15, 0.2) is 5.17 Å². The van der Waals surface area contributed by atoms with Gasteiger partial charge in [-0.15, -0.1) is 5.10 Å². The number of carbonyl (C=O) groups is 2. The Balaban J connectivity index is 1.55. The molecular weight excluding hydrogens is 376 g/mol. The van der Waals surface area contributed by atoms with Crippen LogP contribution in [0.4, 0.5) is 5.69 Å². The Kier molecular flexibility index (Phi) is 6.44. The molecule has 0 spiro atoms. The summed E-state index contributed by atoms with van der Waals surface area (Å²) in [5, 5.41) is 13.3. The van der Waals surface area contributed by atoms with Gasteiger partial charge in [0, 0.05) is 12.1 Å². The summed E-state index contributed by atoms with van der Waals surface area (Å²) in [5.74, 6) is 0.247. The molecule has 0 bridgehead atoms. The van der Waals surface area contributed by atoms with Gasteiger partial charge in [-0.3, -0.25) is 9.59 Å². The quantitative estimate of drug-likeness (QED) is 0.580. The van der Waals surface area contributed by atoms with Crippen molar-refractivity contribution in [1.29, 1.82) is 0 Å². The van der Waals surface area contributed by atoms with Crippen LogP contribution in [-0.4, -0.2) is 35.6 Å². The van der Waals surface area contributed by atoms with Crippen LogP contribution in [0.25, 0.3) is 0 Å². The molecule has 8 heteroatoms. The molecule has 0 saturated carbocycles. The van der Waals surface area contributed by atoms with Crippen LogP contribution in [-0.2, 0) is 9.59 Å². The number of nitrogens with zero attached hydrogens (tertiary/aromatic N) is 2. The summed E-state index contributed by atoms with van der Waals surface area (Å²) >= 11 is 1.19. The maximum atomic E-state index is 12.2. The summed E-state index contributed by atoms with van der Waals surface area (Å²) < 4.78 is 5.15. The fourth-order valence-electron chi connectivity index (χ4n) is 2.47. The molecule has 1 saturated heterocycles. The number of nitrogens with one attached hydrogen (secondary N) is 2. The predicted octanol–water partition coefficient (Wildman–Crippen LogP) is 2.95. The van der Waals surface area contributed by atoms with E-state index in [4.69, 9.17) is 4.74 Å². The zero-order valence-electron chi connectivity index (χ0n) is 15.5. The van der Waals surface area contributed by atoms with Gasteiger partial charge in [-0.05, 0) is 36.8 Å². The molecule has 0 radical (unpaired) electrons. The minimum atomic E-state index is -0.531. The van der Waals surface area contributed by atoms with E-state index in [1.54, 1.807) is 13.3 Å². The highest BCUT2D eigenvalue weighted by molar-refractivity contribution is 8.15. The van der Waals surface area contributed by atoms with Gasteiger partial charge >= 0.3 is 0 Å². The van der Waals surface area contributed by atoms with Crippen LogP contribution in [0.1, 0.15) is 17.5 Å². The van der Waals surface area contributed by atoms with Crippen molar-refractivity contribution in [1.82, 2.24) is 5.32 Å². The number of amides is 2. The van der Waals surface area contributed by atoms with E-state index in [0.29, 0.717) is 10.9 Å². The number of rotatable bonds is 6. The molecule has 0 aromatic heterocycles. The number of hydrogen-bond acceptors (Lipinski definition) is 6. The molecule has 7 nitrogen and oxygen atoms in total. The molecule has 2 N–H and O–H groups in total. The fourth-order valence-corrected chi connectivity index (χ4v) is 3.40. The van der Waals surface area contributed by atoms with Crippen molar-refractivity contribution >= 4 is 40.6 Å². The van der Waals surface area contributed by atoms with Gasteiger partial charge in [-0.25, -0.2) is 0 Å². The number of thioether (sulfide) groups is 1. The van der Waals surface area contributed by atoms with E-state index in [9.17, 15) is 9.59 Å². The van der Waals surface area contributed by atoms with Crippen LogP contribution in [0.5, 0.6) is 5.75 Å². The first kappa shape index (κ1) is 19.6. The molecule has 2 aromatic rings. The fraction of sp³-hybridized carbons (Fsp3) is 0.200. The number of hydrogen-bond donors (Lipinski definition) is 2. The van der Waals surface area contributed by atoms with Crippen molar-refractivity contribution in [2.75, 3.05) is 12.4 Å². The van der Waals surface area contributed by atoms with Crippen molar-refractivity contribution in [3.05, 3.63) is 59.7 Å². The Bertz CT molecular complexity index is 925. The van der Waals surface area contributed by atoms with Gasteiger partial charge in [-0.1, -0.05) is 41.6 Å². The van der Waals surface area contributed by atoms with Crippen LogP contribution in [0.15, 0.2) is 58.7 Å². The van der Waals surface area contributed by atoms with Crippen molar-refractivity contribution in [2.45, 2.75) is 18.6 Å². The van der Waals surface area contributed by atoms with E-state index in [-0.39, 0.29) is 18.2 Å². The number of carbonyl (C=O) groups excluding carboxylic acids is 2. The number of benzene rings is 2. The number of methoxy groups -OCH3 is 1. The van der Waals surface area contributed by atoms with Crippen LogP contribution in [0.3, 0.4) is 0 Å². The van der Waals surface area contributed by atoms with Gasteiger partial charge in [0.1, 0.15) is 11.0 Å². The van der Waals surface area contributed by atoms with Crippen molar-refractivity contribution in [3.8, 4) is 5.75 Å². The Labute approximate surface area is 167 Å². The number of amidine groups is 1. The van der Waals surface area contributed by atoms with E-state index in [1.807, 2.05) is 55.5 Å². The van der Waals surface area contributed by atoms with Crippen LogP contribution in [0, 0.1) is 6.92 Å². The lowest BCUT2D eigenvalue weighted by molar-refractivity contribution is -0.122. The standard InChI is InChI=1S/C20H20N4O3S/c1-13-6-8-15(9-7-13)22-18(25)11-17-19(26)23-20(28-17)24-21-12-14-4-3-5-16(10-14)27-2/h3-10,12,17H,11H2,1-2H3,(H,22,25)(H,23,24,26)/b21-12-/t17-/m1/s1. The van der Waals surface area contributed by atoms with Crippen molar-refractivity contribution in [3.63, 3.8) is 0 Å². The second-order valence-corrected chi connectivity index (χ2v) is 7.33. The normalized spacial score (nSPS) is 17.7. The zero-order valence-corrected chi connectivity index (χ0v) is 16.3. The molecule has 3 rings (SSSR count). The zero-order chi connectivity index (χ0) is 19.9. The third kappa shape index (κ3) is 5.43. The Morgan fingerprint density at radius 3 is 2.82 bits per heavy atom. The maximum absolute atomic E-state index is 12.2. The molecular formula is C20H20N4O3S. The molecule has 28 heavy (non-hydrogen) atoms. The second kappa shape index (κ2) is 9.18. The van der Waals surface area contributed by atoms with Gasteiger partial charge in [0.25, 0.3) is 0 Å². The van der Waals surface area contributed by atoms with Crippen LogP contribution < -0.4 is 15.4 Å². The monoisotopic (exact) mass is 396 g/mol. The van der Waals surface area contributed by atoms with Gasteiger partial charge in [0.05, 0.1) is 13.3 Å². The summed E-state index contributed by atoms with van der Waals surface area (Å²) in [5.41, 5.74) is 2.64. The second-order valence-electron chi connectivity index (χ2n) is 6.14. The van der Waals surface area contributed by atoms with Crippen LogP contribution >= 0.6 is 11.8 Å².